The second-order valence-corrected chi connectivity index (χ2v) is 5.33. The van der Waals surface area contributed by atoms with Crippen molar-refractivity contribution in [1.82, 2.24) is 0 Å². The van der Waals surface area contributed by atoms with E-state index in [1.165, 1.54) is 0 Å². The molecular formula is C16H14ClNO2. The molecule has 2 aromatic carbocycles. The number of halogens is 1. The fourth-order valence-electron chi connectivity index (χ4n) is 2.24. The molecule has 1 atom stereocenters. The Hall–Kier alpha value is -2.00. The number of phenolic OH excluding ortho intramolecular Hbond substituents is 1. The lowest BCUT2D eigenvalue weighted by atomic mass is 9.99. The topological polar surface area (TPSA) is 41.8 Å². The van der Waals surface area contributed by atoms with E-state index < -0.39 is 0 Å². The van der Waals surface area contributed by atoms with Gasteiger partial charge >= 0.3 is 0 Å². The van der Waals surface area contributed by atoms with Crippen LogP contribution in [0, 0.1) is 6.92 Å². The Kier molecular flexibility index (Phi) is 3.36. The van der Waals surface area contributed by atoms with Gasteiger partial charge in [0.25, 0.3) is 0 Å². The molecule has 0 aliphatic carbocycles. The normalized spacial score (nSPS) is 17.7. The smallest absolute Gasteiger partial charge is 0.158 e. The van der Waals surface area contributed by atoms with Gasteiger partial charge in [-0.1, -0.05) is 28.9 Å². The van der Waals surface area contributed by atoms with Crippen molar-refractivity contribution in [3.05, 3.63) is 64.2 Å². The van der Waals surface area contributed by atoms with Crippen molar-refractivity contribution in [2.24, 2.45) is 5.16 Å². The van der Waals surface area contributed by atoms with E-state index in [-0.39, 0.29) is 6.10 Å². The van der Waals surface area contributed by atoms with Crippen molar-refractivity contribution in [1.29, 1.82) is 0 Å². The first-order valence-corrected chi connectivity index (χ1v) is 6.79. The number of nitrogens with zero attached hydrogens (tertiary/aromatic N) is 1. The molecule has 3 nitrogen and oxygen atoms in total. The van der Waals surface area contributed by atoms with Gasteiger partial charge in [-0.2, -0.15) is 0 Å². The summed E-state index contributed by atoms with van der Waals surface area (Å²) in [7, 11) is 0. The lowest BCUT2D eigenvalue weighted by molar-refractivity contribution is 0.0857. The number of aryl methyl sites for hydroxylation is 1. The van der Waals surface area contributed by atoms with Gasteiger partial charge in [0.1, 0.15) is 5.75 Å². The quantitative estimate of drug-likeness (QED) is 0.898. The van der Waals surface area contributed by atoms with Crippen molar-refractivity contribution < 1.29 is 9.94 Å². The Morgan fingerprint density at radius 1 is 1.20 bits per heavy atom. The van der Waals surface area contributed by atoms with Crippen LogP contribution in [0.5, 0.6) is 5.75 Å². The second kappa shape index (κ2) is 5.17. The third kappa shape index (κ3) is 2.49. The second-order valence-electron chi connectivity index (χ2n) is 4.89. The summed E-state index contributed by atoms with van der Waals surface area (Å²) in [5.41, 5.74) is 3.77. The molecule has 1 unspecified atom stereocenters. The molecule has 0 radical (unpaired) electrons. The standard InChI is InChI=1S/C16H14ClNO2/c1-10-8-12(4-7-15(10)19)14-9-16(20-18-14)11-2-5-13(17)6-3-11/h2-8,16,19H,9H2,1H3. The van der Waals surface area contributed by atoms with Crippen molar-refractivity contribution in [2.45, 2.75) is 19.4 Å². The van der Waals surface area contributed by atoms with Gasteiger partial charge in [0.15, 0.2) is 6.10 Å². The number of oxime groups is 1. The first-order valence-electron chi connectivity index (χ1n) is 6.41. The van der Waals surface area contributed by atoms with E-state index in [1.807, 2.05) is 43.3 Å². The minimum Gasteiger partial charge on any atom is -0.508 e. The van der Waals surface area contributed by atoms with Crippen LogP contribution in [-0.2, 0) is 4.84 Å². The number of benzene rings is 2. The lowest BCUT2D eigenvalue weighted by Gasteiger charge is -2.08. The van der Waals surface area contributed by atoms with Crippen LogP contribution >= 0.6 is 11.6 Å². The van der Waals surface area contributed by atoms with Gasteiger partial charge in [0.2, 0.25) is 0 Å². The van der Waals surface area contributed by atoms with Crippen LogP contribution in [0.2, 0.25) is 5.02 Å². The molecule has 20 heavy (non-hydrogen) atoms. The highest BCUT2D eigenvalue weighted by atomic mass is 35.5. The first-order chi connectivity index (χ1) is 9.63. The molecule has 0 spiro atoms. The molecule has 0 bridgehead atoms. The van der Waals surface area contributed by atoms with E-state index >= 15 is 0 Å². The summed E-state index contributed by atoms with van der Waals surface area (Å²) >= 11 is 5.88. The average molecular weight is 288 g/mol. The van der Waals surface area contributed by atoms with E-state index in [2.05, 4.69) is 5.16 Å². The molecule has 1 heterocycles. The highest BCUT2D eigenvalue weighted by molar-refractivity contribution is 6.30. The number of phenols is 1. The summed E-state index contributed by atoms with van der Waals surface area (Å²) in [6.07, 6.45) is 0.641. The van der Waals surface area contributed by atoms with Crippen molar-refractivity contribution in [2.75, 3.05) is 0 Å². The largest absolute Gasteiger partial charge is 0.508 e. The molecule has 1 aliphatic rings. The minimum absolute atomic E-state index is 0.0728. The molecule has 0 fully saturated rings. The molecule has 4 heteroatoms. The molecule has 102 valence electrons. The zero-order valence-electron chi connectivity index (χ0n) is 11.0. The number of hydrogen-bond donors (Lipinski definition) is 1. The molecule has 3 rings (SSSR count). The summed E-state index contributed by atoms with van der Waals surface area (Å²) in [4.78, 5) is 5.50. The van der Waals surface area contributed by atoms with Gasteiger partial charge in [0, 0.05) is 11.4 Å². The highest BCUT2D eigenvalue weighted by Gasteiger charge is 2.24. The molecule has 0 amide bonds. The van der Waals surface area contributed by atoms with Gasteiger partial charge < -0.3 is 9.94 Å². The fourth-order valence-corrected chi connectivity index (χ4v) is 2.37. The number of aromatic hydroxyl groups is 1. The van der Waals surface area contributed by atoms with Gasteiger partial charge in [-0.15, -0.1) is 0 Å². The minimum atomic E-state index is -0.0728. The van der Waals surface area contributed by atoms with Crippen LogP contribution in [0.1, 0.15) is 29.2 Å². The molecule has 0 aromatic heterocycles. The zero-order valence-corrected chi connectivity index (χ0v) is 11.8. The van der Waals surface area contributed by atoms with Crippen LogP contribution < -0.4 is 0 Å². The highest BCUT2D eigenvalue weighted by Crippen LogP contribution is 2.31. The van der Waals surface area contributed by atoms with E-state index in [0.717, 1.165) is 22.4 Å². The van der Waals surface area contributed by atoms with Gasteiger partial charge in [0.05, 0.1) is 5.71 Å². The van der Waals surface area contributed by atoms with Crippen LogP contribution in [-0.4, -0.2) is 10.8 Å². The maximum absolute atomic E-state index is 9.56. The Labute approximate surface area is 122 Å². The predicted octanol–water partition coefficient (Wildman–Crippen LogP) is 4.22. The maximum Gasteiger partial charge on any atom is 0.158 e. The number of hydrogen-bond acceptors (Lipinski definition) is 3. The van der Waals surface area contributed by atoms with E-state index in [0.29, 0.717) is 17.2 Å². The van der Waals surface area contributed by atoms with Crippen LogP contribution in [0.25, 0.3) is 0 Å². The summed E-state index contributed by atoms with van der Waals surface area (Å²) in [5, 5.41) is 14.4. The summed E-state index contributed by atoms with van der Waals surface area (Å²) < 4.78 is 0. The van der Waals surface area contributed by atoms with Crippen LogP contribution in [0.4, 0.5) is 0 Å². The Bertz CT molecular complexity index is 665. The summed E-state index contributed by atoms with van der Waals surface area (Å²) in [6, 6.07) is 13.1. The van der Waals surface area contributed by atoms with Crippen molar-refractivity contribution in [3.63, 3.8) is 0 Å². The van der Waals surface area contributed by atoms with E-state index in [4.69, 9.17) is 16.4 Å². The fraction of sp³-hybridized carbons (Fsp3) is 0.188. The first kappa shape index (κ1) is 13.0. The van der Waals surface area contributed by atoms with Crippen LogP contribution in [0.3, 0.4) is 0 Å². The van der Waals surface area contributed by atoms with Crippen LogP contribution in [0.15, 0.2) is 47.6 Å². The third-order valence-corrected chi connectivity index (χ3v) is 3.69. The zero-order chi connectivity index (χ0) is 14.1. The lowest BCUT2D eigenvalue weighted by Crippen LogP contribution is -2.01. The molecule has 2 aromatic rings. The molecule has 1 N–H and O–H groups in total. The van der Waals surface area contributed by atoms with Crippen molar-refractivity contribution >= 4 is 17.3 Å². The molecule has 0 saturated carbocycles. The average Bonchev–Trinajstić information content (AvgIpc) is 2.92. The maximum atomic E-state index is 9.56. The summed E-state index contributed by atoms with van der Waals surface area (Å²) in [5.74, 6) is 0.294. The Morgan fingerprint density at radius 2 is 1.95 bits per heavy atom. The third-order valence-electron chi connectivity index (χ3n) is 3.44. The molecule has 0 saturated heterocycles. The monoisotopic (exact) mass is 287 g/mol. The SMILES string of the molecule is Cc1cc(C2=NOC(c3ccc(Cl)cc3)C2)ccc1O. The van der Waals surface area contributed by atoms with E-state index in [1.54, 1.807) is 6.07 Å². The van der Waals surface area contributed by atoms with Gasteiger partial charge in [-0.3, -0.25) is 0 Å². The predicted molar refractivity (Wildman–Crippen MR) is 79.3 cm³/mol. The Morgan fingerprint density at radius 3 is 2.65 bits per heavy atom. The molecule has 1 aliphatic heterocycles. The summed E-state index contributed by atoms with van der Waals surface area (Å²) in [6.45, 7) is 1.87. The van der Waals surface area contributed by atoms with Gasteiger partial charge in [-0.25, -0.2) is 0 Å². The molecular weight excluding hydrogens is 274 g/mol. The number of rotatable bonds is 2. The van der Waals surface area contributed by atoms with Crippen molar-refractivity contribution in [3.8, 4) is 5.75 Å². The van der Waals surface area contributed by atoms with Gasteiger partial charge in [-0.05, 0) is 53.9 Å². The Balaban J connectivity index is 1.78. The van der Waals surface area contributed by atoms with E-state index in [9.17, 15) is 5.11 Å².